The van der Waals surface area contributed by atoms with Crippen molar-refractivity contribution in [1.82, 2.24) is 9.97 Å². The number of rotatable bonds is 2. The molecular weight excluding hydrogens is 499 g/mol. The molecule has 0 bridgehead atoms. The second-order valence-corrected chi connectivity index (χ2v) is 6.86. The van der Waals surface area contributed by atoms with Gasteiger partial charge in [-0.2, -0.15) is 0 Å². The minimum absolute atomic E-state index is 0.216. The molecule has 2 heterocycles. The van der Waals surface area contributed by atoms with Crippen LogP contribution in [0.25, 0.3) is 0 Å². The molecule has 0 amide bonds. The summed E-state index contributed by atoms with van der Waals surface area (Å²) in [4.78, 5) is 7.67. The van der Waals surface area contributed by atoms with E-state index in [1.54, 1.807) is 6.20 Å². The summed E-state index contributed by atoms with van der Waals surface area (Å²) in [5.41, 5.74) is 11.9. The highest BCUT2D eigenvalue weighted by Gasteiger charge is 2.21. The first-order chi connectivity index (χ1) is 9.95. The van der Waals surface area contributed by atoms with Gasteiger partial charge >= 0.3 is 0 Å². The monoisotopic (exact) mass is 513 g/mol. The molecule has 1 aliphatic carbocycles. The Hall–Kier alpha value is -0.910. The van der Waals surface area contributed by atoms with Crippen LogP contribution in [0.4, 0.5) is 21.7 Å². The molecule has 8 heteroatoms. The van der Waals surface area contributed by atoms with E-state index in [-0.39, 0.29) is 11.6 Å². The van der Waals surface area contributed by atoms with Gasteiger partial charge in [0, 0.05) is 30.6 Å². The second-order valence-electron chi connectivity index (χ2n) is 4.53. The molecule has 2 aromatic heterocycles. The van der Waals surface area contributed by atoms with E-state index in [9.17, 15) is 4.39 Å². The molecule has 5 nitrogen and oxygen atoms in total. The van der Waals surface area contributed by atoms with Crippen molar-refractivity contribution in [2.24, 2.45) is 0 Å². The van der Waals surface area contributed by atoms with Crippen molar-refractivity contribution < 1.29 is 4.39 Å². The summed E-state index contributed by atoms with van der Waals surface area (Å²) in [5, 5.41) is 3.40. The molecule has 1 aliphatic rings. The number of nitrogen functional groups attached to an aromatic ring is 2. The summed E-state index contributed by atoms with van der Waals surface area (Å²) in [6.07, 6.45) is 5.74. The Labute approximate surface area is 149 Å². The third-order valence-electron chi connectivity index (χ3n) is 2.64. The number of nitrogens with two attached hydrogens (primary N) is 2. The molecule has 0 aromatic carbocycles. The lowest BCUT2D eigenvalue weighted by Crippen LogP contribution is -2.04. The van der Waals surface area contributed by atoms with Gasteiger partial charge in [-0.05, 0) is 58.0 Å². The molecule has 0 unspecified atom stereocenters. The Morgan fingerprint density at radius 3 is 2.14 bits per heavy atom. The average molecular weight is 513 g/mol. The van der Waals surface area contributed by atoms with Gasteiger partial charge in [-0.3, -0.25) is 0 Å². The third-order valence-corrected chi connectivity index (χ3v) is 4.30. The number of hydrogen-bond acceptors (Lipinski definition) is 5. The topological polar surface area (TPSA) is 89.8 Å². The summed E-state index contributed by atoms with van der Waals surface area (Å²) in [5.74, 6) is 0.481. The van der Waals surface area contributed by atoms with Crippen molar-refractivity contribution in [3.8, 4) is 0 Å². The molecule has 5 N–H and O–H groups in total. The lowest BCUT2D eigenvalue weighted by molar-refractivity contribution is 0.619. The largest absolute Gasteiger partial charge is 0.384 e. The van der Waals surface area contributed by atoms with Crippen molar-refractivity contribution in [2.45, 2.75) is 18.9 Å². The van der Waals surface area contributed by atoms with E-state index < -0.39 is 0 Å². The molecule has 2 aromatic rings. The van der Waals surface area contributed by atoms with Crippen LogP contribution in [0.2, 0.25) is 0 Å². The number of hydrogen-bond donors (Lipinski definition) is 3. The number of pyridine rings is 2. The van der Waals surface area contributed by atoms with Crippen molar-refractivity contribution in [2.75, 3.05) is 16.8 Å². The predicted molar refractivity (Wildman–Crippen MR) is 99.3 cm³/mol. The fourth-order valence-electron chi connectivity index (χ4n) is 1.44. The Balaban J connectivity index is 0.000000161. The van der Waals surface area contributed by atoms with Crippen molar-refractivity contribution in [3.63, 3.8) is 0 Å². The van der Waals surface area contributed by atoms with E-state index >= 15 is 0 Å². The number of anilines is 3. The summed E-state index contributed by atoms with van der Waals surface area (Å²) in [6, 6.07) is 3.75. The zero-order valence-electron chi connectivity index (χ0n) is 11.0. The maximum absolute atomic E-state index is 12.5. The van der Waals surface area contributed by atoms with Gasteiger partial charge < -0.3 is 16.8 Å². The second kappa shape index (κ2) is 7.38. The first kappa shape index (κ1) is 16.5. The van der Waals surface area contributed by atoms with E-state index in [1.807, 2.05) is 28.7 Å². The summed E-state index contributed by atoms with van der Waals surface area (Å²) < 4.78 is 14.1. The number of aromatic nitrogens is 2. The van der Waals surface area contributed by atoms with Crippen LogP contribution in [0.3, 0.4) is 0 Å². The molecule has 21 heavy (non-hydrogen) atoms. The number of halogens is 3. The van der Waals surface area contributed by atoms with Crippen LogP contribution in [-0.2, 0) is 0 Å². The Bertz CT molecular complexity index is 634. The zero-order chi connectivity index (χ0) is 15.4. The smallest absolute Gasteiger partial charge is 0.141 e. The van der Waals surface area contributed by atoms with E-state index in [0.29, 0.717) is 15.4 Å². The summed E-state index contributed by atoms with van der Waals surface area (Å²) >= 11 is 4.11. The SMILES string of the molecule is Nc1cc(F)c(I)cn1.Nc1cc(NC2CC2)c(I)cn1. The molecule has 0 saturated heterocycles. The van der Waals surface area contributed by atoms with Crippen molar-refractivity contribution >= 4 is 62.5 Å². The van der Waals surface area contributed by atoms with Crippen LogP contribution in [0.5, 0.6) is 0 Å². The molecule has 3 rings (SSSR count). The lowest BCUT2D eigenvalue weighted by Gasteiger charge is -2.06. The van der Waals surface area contributed by atoms with Crippen molar-refractivity contribution in [1.29, 1.82) is 0 Å². The predicted octanol–water partition coefficient (Wildman–Crippen LogP) is 3.25. The number of nitrogens with zero attached hydrogens (tertiary/aromatic N) is 2. The highest BCUT2D eigenvalue weighted by molar-refractivity contribution is 14.1. The fourth-order valence-corrected chi connectivity index (χ4v) is 2.19. The van der Waals surface area contributed by atoms with Gasteiger partial charge in [0.1, 0.15) is 17.5 Å². The average Bonchev–Trinajstić information content (AvgIpc) is 3.23. The van der Waals surface area contributed by atoms with Gasteiger partial charge in [0.05, 0.1) is 12.8 Å². The molecule has 1 saturated carbocycles. The first-order valence-electron chi connectivity index (χ1n) is 6.20. The summed E-state index contributed by atoms with van der Waals surface area (Å²) in [7, 11) is 0. The third kappa shape index (κ3) is 5.41. The first-order valence-corrected chi connectivity index (χ1v) is 8.35. The van der Waals surface area contributed by atoms with Gasteiger partial charge in [-0.15, -0.1) is 0 Å². The maximum atomic E-state index is 12.5. The Kier molecular flexibility index (Phi) is 5.79. The maximum Gasteiger partial charge on any atom is 0.141 e. The molecule has 112 valence electrons. The molecule has 0 radical (unpaired) electrons. The van der Waals surface area contributed by atoms with Crippen molar-refractivity contribution in [3.05, 3.63) is 37.5 Å². The normalized spacial score (nSPS) is 13.3. The van der Waals surface area contributed by atoms with Gasteiger partial charge in [0.2, 0.25) is 0 Å². The standard InChI is InChI=1S/C8H10IN3.C5H4FIN2/c9-6-4-11-8(10)3-7(6)12-5-1-2-5;6-3-1-5(8)9-2-4(3)7/h3-5H,1-2H2,(H3,10,11,12);1-2H,(H2,8,9). The van der Waals surface area contributed by atoms with Crippen LogP contribution >= 0.6 is 45.2 Å². The van der Waals surface area contributed by atoms with E-state index in [2.05, 4.69) is 37.9 Å². The van der Waals surface area contributed by atoms with E-state index in [4.69, 9.17) is 11.5 Å². The van der Waals surface area contributed by atoms with Crippen LogP contribution < -0.4 is 16.8 Å². The molecule has 0 aliphatic heterocycles. The Morgan fingerprint density at radius 1 is 1.05 bits per heavy atom. The van der Waals surface area contributed by atoms with Crippen LogP contribution in [0.1, 0.15) is 12.8 Å². The minimum Gasteiger partial charge on any atom is -0.384 e. The van der Waals surface area contributed by atoms with E-state index in [0.717, 1.165) is 9.26 Å². The molecule has 0 spiro atoms. The molecule has 0 atom stereocenters. The van der Waals surface area contributed by atoms with Gasteiger partial charge in [0.15, 0.2) is 0 Å². The van der Waals surface area contributed by atoms with Gasteiger partial charge in [0.25, 0.3) is 0 Å². The van der Waals surface area contributed by atoms with Gasteiger partial charge in [-0.1, -0.05) is 0 Å². The van der Waals surface area contributed by atoms with Crippen LogP contribution in [0.15, 0.2) is 24.5 Å². The minimum atomic E-state index is -0.317. The van der Waals surface area contributed by atoms with Crippen LogP contribution in [0, 0.1) is 13.0 Å². The quantitative estimate of drug-likeness (QED) is 0.537. The highest BCUT2D eigenvalue weighted by atomic mass is 127. The van der Waals surface area contributed by atoms with Gasteiger partial charge in [-0.25, -0.2) is 14.4 Å². The van der Waals surface area contributed by atoms with Crippen LogP contribution in [-0.4, -0.2) is 16.0 Å². The molecule has 1 fully saturated rings. The molecular formula is C13H14FI2N5. The van der Waals surface area contributed by atoms with E-state index in [1.165, 1.54) is 25.1 Å². The summed E-state index contributed by atoms with van der Waals surface area (Å²) in [6.45, 7) is 0. The Morgan fingerprint density at radius 2 is 1.62 bits per heavy atom. The zero-order valence-corrected chi connectivity index (χ0v) is 15.3. The lowest BCUT2D eigenvalue weighted by atomic mass is 10.4. The fraction of sp³-hybridized carbons (Fsp3) is 0.231. The highest BCUT2D eigenvalue weighted by Crippen LogP contribution is 2.27. The number of nitrogens with one attached hydrogen (secondary N) is 1.